The Labute approximate surface area is 327 Å². The summed E-state index contributed by atoms with van der Waals surface area (Å²) in [5.74, 6) is 0.872. The second kappa shape index (κ2) is 14.5. The molecular formula is C53H37N3. The topological polar surface area (TPSA) is 38.7 Å². The maximum atomic E-state index is 5.17. The number of hydrogen-bond donors (Lipinski definition) is 0. The first-order valence-electron chi connectivity index (χ1n) is 19.2. The molecule has 1 unspecified atom stereocenters. The Morgan fingerprint density at radius 2 is 1.07 bits per heavy atom. The normalized spacial score (nSPS) is 13.9. The van der Waals surface area contributed by atoms with Crippen molar-refractivity contribution in [3.63, 3.8) is 0 Å². The van der Waals surface area contributed by atoms with Gasteiger partial charge in [-0.05, 0) is 80.9 Å². The average molecular weight is 716 g/mol. The van der Waals surface area contributed by atoms with Gasteiger partial charge >= 0.3 is 0 Å². The lowest BCUT2D eigenvalue weighted by atomic mass is 9.88. The van der Waals surface area contributed by atoms with E-state index in [0.29, 0.717) is 0 Å². The highest BCUT2D eigenvalue weighted by molar-refractivity contribution is 6.14. The number of pyridine rings is 1. The van der Waals surface area contributed by atoms with Crippen LogP contribution in [0.25, 0.3) is 83.4 Å². The van der Waals surface area contributed by atoms with Gasteiger partial charge < -0.3 is 0 Å². The standard InChI is InChI=1S/C53H37N3/c1-5-14-36(15-6-1)42-22-13-23-45(33-42)51-35-50(55-53(56-51)41-20-11-4-12-21-41)40-26-24-37(25-27-40)43-28-30-46-44(32-43)29-31-48-52(46)47(38-16-7-2-8-17-38)34-49(54-48)39-18-9-3-10-19-39/h1-26,28-35,40H,27H2. The van der Waals surface area contributed by atoms with Crippen molar-refractivity contribution < 1.29 is 0 Å². The lowest BCUT2D eigenvalue weighted by Gasteiger charge is -2.19. The van der Waals surface area contributed by atoms with E-state index >= 15 is 0 Å². The fourth-order valence-corrected chi connectivity index (χ4v) is 7.91. The van der Waals surface area contributed by atoms with Gasteiger partial charge in [-0.15, -0.1) is 0 Å². The van der Waals surface area contributed by atoms with Gasteiger partial charge in [0, 0.05) is 28.0 Å². The summed E-state index contributed by atoms with van der Waals surface area (Å²) in [7, 11) is 0. The van der Waals surface area contributed by atoms with Crippen molar-refractivity contribution in [2.24, 2.45) is 0 Å². The summed E-state index contributed by atoms with van der Waals surface area (Å²) in [4.78, 5) is 15.4. The summed E-state index contributed by atoms with van der Waals surface area (Å²) in [6.45, 7) is 0. The Hall–Kier alpha value is -7.23. The molecule has 264 valence electrons. The minimum atomic E-state index is 0.128. The van der Waals surface area contributed by atoms with E-state index in [1.165, 1.54) is 49.5 Å². The van der Waals surface area contributed by atoms with Crippen molar-refractivity contribution in [1.29, 1.82) is 0 Å². The molecule has 0 fully saturated rings. The van der Waals surface area contributed by atoms with Crippen molar-refractivity contribution in [2.75, 3.05) is 0 Å². The van der Waals surface area contributed by atoms with Gasteiger partial charge in [0.05, 0.1) is 22.6 Å². The Bertz CT molecular complexity index is 2920. The predicted octanol–water partition coefficient (Wildman–Crippen LogP) is 13.6. The minimum Gasteiger partial charge on any atom is -0.248 e. The molecule has 1 atom stereocenters. The molecule has 3 heteroatoms. The van der Waals surface area contributed by atoms with E-state index in [-0.39, 0.29) is 5.92 Å². The zero-order valence-corrected chi connectivity index (χ0v) is 30.8. The number of fused-ring (bicyclic) bond motifs is 3. The average Bonchev–Trinajstić information content (AvgIpc) is 3.29. The summed E-state index contributed by atoms with van der Waals surface area (Å²) >= 11 is 0. The lowest BCUT2D eigenvalue weighted by molar-refractivity contribution is 0.813. The molecule has 0 aliphatic heterocycles. The summed E-state index contributed by atoms with van der Waals surface area (Å²) in [5, 5.41) is 3.58. The van der Waals surface area contributed by atoms with Crippen LogP contribution in [0.4, 0.5) is 0 Å². The van der Waals surface area contributed by atoms with E-state index in [2.05, 4.69) is 182 Å². The first-order chi connectivity index (χ1) is 27.7. The quantitative estimate of drug-likeness (QED) is 0.154. The van der Waals surface area contributed by atoms with Crippen molar-refractivity contribution in [3.05, 3.63) is 218 Å². The molecule has 0 radical (unpaired) electrons. The summed E-state index contributed by atoms with van der Waals surface area (Å²) in [6, 6.07) is 66.2. The van der Waals surface area contributed by atoms with Gasteiger partial charge in [0.1, 0.15) is 0 Å². The fraction of sp³-hybridized carbons (Fsp3) is 0.0377. The summed E-state index contributed by atoms with van der Waals surface area (Å²) < 4.78 is 0. The molecular weight excluding hydrogens is 679 g/mol. The Kier molecular flexibility index (Phi) is 8.66. The van der Waals surface area contributed by atoms with Gasteiger partial charge in [-0.2, -0.15) is 0 Å². The van der Waals surface area contributed by atoms with Crippen molar-refractivity contribution in [2.45, 2.75) is 12.3 Å². The molecule has 0 saturated carbocycles. The molecule has 56 heavy (non-hydrogen) atoms. The zero-order chi connectivity index (χ0) is 37.3. The van der Waals surface area contributed by atoms with E-state index < -0.39 is 0 Å². The largest absolute Gasteiger partial charge is 0.248 e. The third kappa shape index (κ3) is 6.50. The second-order valence-electron chi connectivity index (χ2n) is 14.4. The monoisotopic (exact) mass is 715 g/mol. The number of rotatable bonds is 7. The van der Waals surface area contributed by atoms with E-state index in [1.807, 2.05) is 24.3 Å². The van der Waals surface area contributed by atoms with Gasteiger partial charge in [0.2, 0.25) is 0 Å². The van der Waals surface area contributed by atoms with Gasteiger partial charge in [0.25, 0.3) is 0 Å². The molecule has 3 nitrogen and oxygen atoms in total. The van der Waals surface area contributed by atoms with Gasteiger partial charge in [0.15, 0.2) is 5.82 Å². The van der Waals surface area contributed by atoms with Crippen LogP contribution in [0, 0.1) is 0 Å². The minimum absolute atomic E-state index is 0.128. The third-order valence-corrected chi connectivity index (χ3v) is 10.8. The third-order valence-electron chi connectivity index (χ3n) is 10.8. The highest BCUT2D eigenvalue weighted by Crippen LogP contribution is 2.39. The van der Waals surface area contributed by atoms with Crippen LogP contribution in [0.5, 0.6) is 0 Å². The maximum absolute atomic E-state index is 5.17. The molecule has 10 rings (SSSR count). The van der Waals surface area contributed by atoms with Crippen molar-refractivity contribution in [3.8, 4) is 56.2 Å². The van der Waals surface area contributed by atoms with Crippen LogP contribution in [0.1, 0.15) is 23.6 Å². The smallest absolute Gasteiger partial charge is 0.160 e. The van der Waals surface area contributed by atoms with Crippen LogP contribution < -0.4 is 0 Å². The molecule has 0 bridgehead atoms. The van der Waals surface area contributed by atoms with Crippen LogP contribution >= 0.6 is 0 Å². The number of aromatic nitrogens is 3. The number of benzene rings is 7. The molecule has 9 aromatic rings. The Morgan fingerprint density at radius 1 is 0.429 bits per heavy atom. The maximum Gasteiger partial charge on any atom is 0.160 e. The molecule has 1 aliphatic rings. The Balaban J connectivity index is 0.994. The van der Waals surface area contributed by atoms with E-state index in [9.17, 15) is 0 Å². The van der Waals surface area contributed by atoms with Crippen LogP contribution in [0.15, 0.2) is 206 Å². The molecule has 2 heterocycles. The first-order valence-corrected chi connectivity index (χ1v) is 19.2. The second-order valence-corrected chi connectivity index (χ2v) is 14.4. The predicted molar refractivity (Wildman–Crippen MR) is 233 cm³/mol. The van der Waals surface area contributed by atoms with E-state index in [0.717, 1.165) is 51.5 Å². The molecule has 2 aromatic heterocycles. The first kappa shape index (κ1) is 33.3. The van der Waals surface area contributed by atoms with Gasteiger partial charge in [-0.1, -0.05) is 176 Å². The Morgan fingerprint density at radius 3 is 1.79 bits per heavy atom. The van der Waals surface area contributed by atoms with Crippen molar-refractivity contribution in [1.82, 2.24) is 15.0 Å². The summed E-state index contributed by atoms with van der Waals surface area (Å²) in [5.41, 5.74) is 14.3. The molecule has 7 aromatic carbocycles. The molecule has 0 N–H and O–H groups in total. The molecule has 0 saturated heterocycles. The lowest BCUT2D eigenvalue weighted by Crippen LogP contribution is -2.05. The fourth-order valence-electron chi connectivity index (χ4n) is 7.91. The number of hydrogen-bond acceptors (Lipinski definition) is 3. The van der Waals surface area contributed by atoms with Gasteiger partial charge in [-0.3, -0.25) is 0 Å². The van der Waals surface area contributed by atoms with Crippen LogP contribution in [0.3, 0.4) is 0 Å². The molecule has 1 aliphatic carbocycles. The van der Waals surface area contributed by atoms with Gasteiger partial charge in [-0.25, -0.2) is 15.0 Å². The molecule has 0 spiro atoms. The van der Waals surface area contributed by atoms with E-state index in [4.69, 9.17) is 15.0 Å². The van der Waals surface area contributed by atoms with E-state index in [1.54, 1.807) is 0 Å². The zero-order valence-electron chi connectivity index (χ0n) is 30.8. The highest BCUT2D eigenvalue weighted by Gasteiger charge is 2.19. The van der Waals surface area contributed by atoms with Crippen molar-refractivity contribution >= 4 is 27.2 Å². The van der Waals surface area contributed by atoms with Crippen LogP contribution in [-0.4, -0.2) is 15.0 Å². The number of allylic oxidation sites excluding steroid dienone is 4. The van der Waals surface area contributed by atoms with Crippen LogP contribution in [-0.2, 0) is 0 Å². The SMILES string of the molecule is C1=CC(c2cc(-c3cccc(-c4ccccc4)c3)nc(-c3ccccc3)n2)CC=C1c1ccc2c(ccc3nc(-c4ccccc4)cc(-c4ccccc4)c32)c1. The number of nitrogens with zero attached hydrogens (tertiary/aromatic N) is 3. The molecule has 0 amide bonds. The van der Waals surface area contributed by atoms with Crippen LogP contribution in [0.2, 0.25) is 0 Å². The highest BCUT2D eigenvalue weighted by atomic mass is 14.9. The summed E-state index contributed by atoms with van der Waals surface area (Å²) in [6.07, 6.45) is 7.78.